The van der Waals surface area contributed by atoms with Gasteiger partial charge in [-0.1, -0.05) is 6.58 Å². The number of rotatable bonds is 2. The molecule has 1 aliphatic heterocycles. The van der Waals surface area contributed by atoms with Gasteiger partial charge in [-0.05, 0) is 6.92 Å². The van der Waals surface area contributed by atoms with Crippen LogP contribution in [0.5, 0.6) is 0 Å². The Balaban J connectivity index is 0.000000491. The third kappa shape index (κ3) is 4.13. The van der Waals surface area contributed by atoms with Crippen molar-refractivity contribution in [2.75, 3.05) is 6.61 Å². The van der Waals surface area contributed by atoms with Crippen LogP contribution >= 0.6 is 0 Å². The van der Waals surface area contributed by atoms with E-state index in [-0.39, 0.29) is 13.0 Å². The predicted molar refractivity (Wildman–Crippen MR) is 73.5 cm³/mol. The molecule has 0 unspecified atom stereocenters. The van der Waals surface area contributed by atoms with E-state index in [1.165, 1.54) is 16.8 Å². The number of nitrogens with zero attached hydrogens (tertiary/aromatic N) is 2. The molecule has 1 aromatic rings. The van der Waals surface area contributed by atoms with E-state index < -0.39 is 29.7 Å². The summed E-state index contributed by atoms with van der Waals surface area (Å²) in [7, 11) is 0. The lowest BCUT2D eigenvalue weighted by molar-refractivity contribution is -0.0459. The monoisotopic (exact) mass is 295 g/mol. The summed E-state index contributed by atoms with van der Waals surface area (Å²) in [6, 6.07) is 1.69. The van der Waals surface area contributed by atoms with E-state index in [0.29, 0.717) is 5.56 Å². The number of aromatic nitrogens is 2. The summed E-state index contributed by atoms with van der Waals surface area (Å²) in [5, 5.41) is 26.0. The molecule has 0 aliphatic carbocycles. The highest BCUT2D eigenvalue weighted by atomic mass is 16.5. The van der Waals surface area contributed by atoms with Crippen molar-refractivity contribution in [1.82, 2.24) is 9.55 Å². The van der Waals surface area contributed by atoms with Gasteiger partial charge >= 0.3 is 5.69 Å². The van der Waals surface area contributed by atoms with Gasteiger partial charge in [-0.2, -0.15) is 5.26 Å². The summed E-state index contributed by atoms with van der Waals surface area (Å²) in [6.45, 7) is 4.38. The Hall–Kier alpha value is -2.21. The summed E-state index contributed by atoms with van der Waals surface area (Å²) in [5.41, 5.74) is -0.643. The van der Waals surface area contributed by atoms with Gasteiger partial charge in [0.05, 0.1) is 18.8 Å². The number of H-pyrrole nitrogens is 1. The van der Waals surface area contributed by atoms with Crippen molar-refractivity contribution in [2.24, 2.45) is 0 Å². The first-order valence-corrected chi connectivity index (χ1v) is 6.21. The molecule has 2 rings (SSSR count). The quantitative estimate of drug-likeness (QED) is 0.612. The predicted octanol–water partition coefficient (Wildman–Crippen LogP) is -0.818. The molecule has 21 heavy (non-hydrogen) atoms. The zero-order chi connectivity index (χ0) is 16.0. The van der Waals surface area contributed by atoms with Crippen LogP contribution in [-0.2, 0) is 4.74 Å². The maximum absolute atomic E-state index is 11.6. The summed E-state index contributed by atoms with van der Waals surface area (Å²) in [4.78, 5) is 24.9. The molecule has 8 heteroatoms. The number of aliphatic hydroxyl groups is 2. The smallest absolute Gasteiger partial charge is 0.330 e. The second-order valence-electron chi connectivity index (χ2n) is 4.43. The second-order valence-corrected chi connectivity index (χ2v) is 4.43. The fourth-order valence-corrected chi connectivity index (χ4v) is 1.85. The molecule has 2 heterocycles. The van der Waals surface area contributed by atoms with E-state index >= 15 is 0 Å². The van der Waals surface area contributed by atoms with E-state index in [0.717, 1.165) is 0 Å². The number of ether oxygens (including phenoxy) is 1. The van der Waals surface area contributed by atoms with Gasteiger partial charge in [0.1, 0.15) is 12.3 Å². The number of allylic oxidation sites excluding steroid dienone is 1. The SMILES string of the molecule is C=CC#N.Cc1cn([C@H]2C[C@H](O)[C@@H](CO)O2)c(=O)[nH]c1=O. The maximum atomic E-state index is 11.6. The van der Waals surface area contributed by atoms with Crippen LogP contribution in [0.1, 0.15) is 18.2 Å². The summed E-state index contributed by atoms with van der Waals surface area (Å²) in [6.07, 6.45) is 0.600. The standard InChI is InChI=1S/C10H14N2O5.C3H3N/c1-5-3-12(10(16)11-9(5)15)8-2-6(14)7(4-13)17-8;1-2-3-4/h3,6-8,13-14H,2,4H2,1H3,(H,11,15,16);2H,1H2/t6-,7+,8+;/m0./s1. The van der Waals surface area contributed by atoms with E-state index in [4.69, 9.17) is 15.1 Å². The Morgan fingerprint density at radius 3 is 2.76 bits per heavy atom. The van der Waals surface area contributed by atoms with Crippen LogP contribution in [-0.4, -0.2) is 38.6 Å². The van der Waals surface area contributed by atoms with Crippen molar-refractivity contribution in [3.05, 3.63) is 45.3 Å². The molecule has 1 fully saturated rings. The molecule has 0 spiro atoms. The minimum atomic E-state index is -0.816. The molecule has 0 saturated carbocycles. The molecule has 1 aliphatic rings. The molecule has 3 N–H and O–H groups in total. The summed E-state index contributed by atoms with van der Waals surface area (Å²) in [5.74, 6) is 0. The minimum Gasteiger partial charge on any atom is -0.394 e. The maximum Gasteiger partial charge on any atom is 0.330 e. The Morgan fingerprint density at radius 1 is 1.67 bits per heavy atom. The first-order chi connectivity index (χ1) is 9.94. The Morgan fingerprint density at radius 2 is 2.29 bits per heavy atom. The normalized spacial score (nSPS) is 23.8. The van der Waals surface area contributed by atoms with Crippen LogP contribution in [0.25, 0.3) is 0 Å². The molecule has 1 saturated heterocycles. The Kier molecular flexibility index (Phi) is 6.05. The highest BCUT2D eigenvalue weighted by molar-refractivity contribution is 5.02. The Labute approximate surface area is 120 Å². The van der Waals surface area contributed by atoms with Gasteiger partial charge in [-0.15, -0.1) is 0 Å². The van der Waals surface area contributed by atoms with Crippen molar-refractivity contribution in [2.45, 2.75) is 31.8 Å². The second kappa shape index (κ2) is 7.54. The molecule has 8 nitrogen and oxygen atoms in total. The highest BCUT2D eigenvalue weighted by Crippen LogP contribution is 2.27. The number of nitrogens with one attached hydrogen (secondary N) is 1. The lowest BCUT2D eigenvalue weighted by Gasteiger charge is -2.14. The van der Waals surface area contributed by atoms with Gasteiger partial charge in [-0.25, -0.2) is 4.79 Å². The van der Waals surface area contributed by atoms with E-state index in [1.807, 2.05) is 0 Å². The van der Waals surface area contributed by atoms with Gasteiger partial charge in [0, 0.05) is 24.3 Å². The number of hydrogen-bond donors (Lipinski definition) is 3. The van der Waals surface area contributed by atoms with Gasteiger partial charge in [0.15, 0.2) is 0 Å². The summed E-state index contributed by atoms with van der Waals surface area (Å²) < 4.78 is 6.54. The van der Waals surface area contributed by atoms with Gasteiger partial charge in [0.2, 0.25) is 0 Å². The first kappa shape index (κ1) is 16.8. The van der Waals surface area contributed by atoms with E-state index in [1.54, 1.807) is 13.0 Å². The molecule has 1 aromatic heterocycles. The van der Waals surface area contributed by atoms with Crippen molar-refractivity contribution >= 4 is 0 Å². The molecule has 0 aromatic carbocycles. The van der Waals surface area contributed by atoms with Crippen molar-refractivity contribution in [3.63, 3.8) is 0 Å². The van der Waals surface area contributed by atoms with Crippen LogP contribution in [0.15, 0.2) is 28.4 Å². The zero-order valence-corrected chi connectivity index (χ0v) is 11.5. The van der Waals surface area contributed by atoms with E-state index in [9.17, 15) is 14.7 Å². The fourth-order valence-electron chi connectivity index (χ4n) is 1.85. The Bertz CT molecular complexity index is 642. The summed E-state index contributed by atoms with van der Waals surface area (Å²) >= 11 is 0. The number of nitriles is 1. The molecule has 114 valence electrons. The number of aryl methyl sites for hydroxylation is 1. The fraction of sp³-hybridized carbons (Fsp3) is 0.462. The molecular formula is C13H17N3O5. The minimum absolute atomic E-state index is 0.205. The topological polar surface area (TPSA) is 128 Å². The largest absolute Gasteiger partial charge is 0.394 e. The lowest BCUT2D eigenvalue weighted by Crippen LogP contribution is -2.33. The van der Waals surface area contributed by atoms with Crippen LogP contribution in [0.3, 0.4) is 0 Å². The third-order valence-electron chi connectivity index (χ3n) is 2.93. The highest BCUT2D eigenvalue weighted by Gasteiger charge is 2.34. The van der Waals surface area contributed by atoms with Crippen LogP contribution in [0.4, 0.5) is 0 Å². The van der Waals surface area contributed by atoms with Crippen molar-refractivity contribution in [3.8, 4) is 6.07 Å². The number of aliphatic hydroxyl groups excluding tert-OH is 2. The van der Waals surface area contributed by atoms with Gasteiger partial charge in [-0.3, -0.25) is 14.3 Å². The lowest BCUT2D eigenvalue weighted by atomic mass is 10.2. The van der Waals surface area contributed by atoms with E-state index in [2.05, 4.69) is 11.6 Å². The van der Waals surface area contributed by atoms with Gasteiger partial charge < -0.3 is 14.9 Å². The average Bonchev–Trinajstić information content (AvgIpc) is 2.84. The third-order valence-corrected chi connectivity index (χ3v) is 2.93. The average molecular weight is 295 g/mol. The van der Waals surface area contributed by atoms with Crippen molar-refractivity contribution in [1.29, 1.82) is 5.26 Å². The molecule has 3 atom stereocenters. The molecule has 0 radical (unpaired) electrons. The molecule has 0 amide bonds. The number of hydrogen-bond acceptors (Lipinski definition) is 6. The first-order valence-electron chi connectivity index (χ1n) is 6.21. The van der Waals surface area contributed by atoms with Crippen LogP contribution in [0.2, 0.25) is 0 Å². The van der Waals surface area contributed by atoms with Crippen LogP contribution < -0.4 is 11.2 Å². The zero-order valence-electron chi connectivity index (χ0n) is 11.5. The van der Waals surface area contributed by atoms with Gasteiger partial charge in [0.25, 0.3) is 5.56 Å². The van der Waals surface area contributed by atoms with Crippen LogP contribution in [0, 0.1) is 18.3 Å². The molecule has 0 bridgehead atoms. The number of aromatic amines is 1. The van der Waals surface area contributed by atoms with Crippen molar-refractivity contribution < 1.29 is 14.9 Å². The molecular weight excluding hydrogens is 278 g/mol.